The molecule has 2 fully saturated rings. The Bertz CT molecular complexity index is 155. The molecule has 0 radical (unpaired) electrons. The molecule has 2 atom stereocenters. The molecule has 1 aliphatic carbocycles. The van der Waals surface area contributed by atoms with Gasteiger partial charge in [0.25, 0.3) is 0 Å². The summed E-state index contributed by atoms with van der Waals surface area (Å²) in [6.45, 7) is 4.81. The Morgan fingerprint density at radius 3 is 2.69 bits per heavy atom. The number of rotatable bonds is 4. The smallest absolute Gasteiger partial charge is 0.0209 e. The molecule has 0 aromatic carbocycles. The van der Waals surface area contributed by atoms with Gasteiger partial charge in [-0.25, -0.2) is 0 Å². The van der Waals surface area contributed by atoms with Gasteiger partial charge in [0, 0.05) is 18.6 Å². The van der Waals surface area contributed by atoms with E-state index in [-0.39, 0.29) is 0 Å². The minimum atomic E-state index is 0.763. The fraction of sp³-hybridized carbons (Fsp3) is 1.00. The molecule has 0 bridgehead atoms. The Kier molecular flexibility index (Phi) is 2.89. The highest BCUT2D eigenvalue weighted by Gasteiger charge is 2.26. The monoisotopic (exact) mass is 182 g/mol. The predicted molar refractivity (Wildman–Crippen MR) is 55.8 cm³/mol. The van der Waals surface area contributed by atoms with Crippen molar-refractivity contribution in [2.24, 2.45) is 5.92 Å². The number of hydrogen-bond donors (Lipinski definition) is 1. The quantitative estimate of drug-likeness (QED) is 0.708. The van der Waals surface area contributed by atoms with Gasteiger partial charge in [0.2, 0.25) is 0 Å². The van der Waals surface area contributed by atoms with Crippen molar-refractivity contribution in [3.8, 4) is 0 Å². The fourth-order valence-electron chi connectivity index (χ4n) is 2.24. The van der Waals surface area contributed by atoms with Gasteiger partial charge in [-0.1, -0.05) is 12.8 Å². The maximum Gasteiger partial charge on any atom is 0.0209 e. The highest BCUT2D eigenvalue weighted by molar-refractivity contribution is 4.85. The van der Waals surface area contributed by atoms with Crippen LogP contribution in [0.1, 0.15) is 32.6 Å². The molecule has 2 aliphatic rings. The van der Waals surface area contributed by atoms with Crippen molar-refractivity contribution in [3.05, 3.63) is 0 Å². The topological polar surface area (TPSA) is 15.3 Å². The first-order chi connectivity index (χ1) is 6.25. The van der Waals surface area contributed by atoms with Crippen molar-refractivity contribution >= 4 is 0 Å². The average Bonchev–Trinajstić information content (AvgIpc) is 2.82. The largest absolute Gasteiger partial charge is 0.313 e. The summed E-state index contributed by atoms with van der Waals surface area (Å²) in [5, 5.41) is 3.67. The van der Waals surface area contributed by atoms with Crippen molar-refractivity contribution in [1.82, 2.24) is 10.2 Å². The summed E-state index contributed by atoms with van der Waals surface area (Å²) in [6, 6.07) is 1.54. The zero-order valence-electron chi connectivity index (χ0n) is 8.92. The Balaban J connectivity index is 1.59. The van der Waals surface area contributed by atoms with E-state index in [1.807, 2.05) is 0 Å². The summed E-state index contributed by atoms with van der Waals surface area (Å²) in [7, 11) is 2.23. The van der Waals surface area contributed by atoms with Crippen LogP contribution in [0.4, 0.5) is 0 Å². The summed E-state index contributed by atoms with van der Waals surface area (Å²) < 4.78 is 0. The maximum atomic E-state index is 3.67. The molecule has 0 aromatic rings. The van der Waals surface area contributed by atoms with E-state index in [0.717, 1.165) is 18.0 Å². The molecule has 1 N–H and O–H groups in total. The van der Waals surface area contributed by atoms with Crippen LogP contribution >= 0.6 is 0 Å². The first kappa shape index (κ1) is 9.47. The zero-order chi connectivity index (χ0) is 9.26. The highest BCUT2D eigenvalue weighted by atomic mass is 15.2. The second kappa shape index (κ2) is 3.97. The first-order valence-electron chi connectivity index (χ1n) is 5.69. The van der Waals surface area contributed by atoms with Crippen molar-refractivity contribution in [2.45, 2.75) is 44.7 Å². The van der Waals surface area contributed by atoms with Crippen LogP contribution in [0.25, 0.3) is 0 Å². The van der Waals surface area contributed by atoms with Gasteiger partial charge in [-0.05, 0) is 39.3 Å². The minimum absolute atomic E-state index is 0.763. The van der Waals surface area contributed by atoms with E-state index >= 15 is 0 Å². The Hall–Kier alpha value is -0.0800. The molecule has 0 aromatic heterocycles. The number of nitrogens with one attached hydrogen (secondary N) is 1. The molecule has 13 heavy (non-hydrogen) atoms. The third-order valence-electron chi connectivity index (χ3n) is 3.57. The molecule has 2 nitrogen and oxygen atoms in total. The van der Waals surface area contributed by atoms with Gasteiger partial charge in [-0.15, -0.1) is 0 Å². The van der Waals surface area contributed by atoms with Crippen LogP contribution in [-0.4, -0.2) is 37.1 Å². The van der Waals surface area contributed by atoms with Crippen molar-refractivity contribution < 1.29 is 0 Å². The lowest BCUT2D eigenvalue weighted by Gasteiger charge is -2.13. The second-order valence-corrected chi connectivity index (χ2v) is 4.91. The Labute approximate surface area is 81.7 Å². The molecule has 0 spiro atoms. The normalized spacial score (nSPS) is 35.5. The van der Waals surface area contributed by atoms with Gasteiger partial charge < -0.3 is 10.2 Å². The van der Waals surface area contributed by atoms with Crippen molar-refractivity contribution in [3.63, 3.8) is 0 Å². The van der Waals surface area contributed by atoms with E-state index < -0.39 is 0 Å². The molecular formula is C11H22N2. The van der Waals surface area contributed by atoms with E-state index in [1.165, 1.54) is 38.8 Å². The van der Waals surface area contributed by atoms with Gasteiger partial charge in [-0.2, -0.15) is 0 Å². The van der Waals surface area contributed by atoms with Crippen molar-refractivity contribution in [1.29, 1.82) is 0 Å². The molecule has 2 rings (SSSR count). The van der Waals surface area contributed by atoms with Gasteiger partial charge in [0.15, 0.2) is 0 Å². The predicted octanol–water partition coefficient (Wildman–Crippen LogP) is 1.47. The van der Waals surface area contributed by atoms with E-state index in [9.17, 15) is 0 Å². The Morgan fingerprint density at radius 2 is 2.15 bits per heavy atom. The number of nitrogens with zero attached hydrogens (tertiary/aromatic N) is 1. The standard InChI is InChI=1S/C11H22N2/c1-9-7-11(8-13(9)2)12-6-5-10-3-4-10/h9-12H,3-8H2,1-2H3. The minimum Gasteiger partial charge on any atom is -0.313 e. The van der Waals surface area contributed by atoms with E-state index in [4.69, 9.17) is 0 Å². The zero-order valence-corrected chi connectivity index (χ0v) is 8.92. The molecule has 1 saturated heterocycles. The number of likely N-dealkylation sites (N-methyl/N-ethyl adjacent to an activating group) is 1. The van der Waals surface area contributed by atoms with Crippen LogP contribution in [0, 0.1) is 5.92 Å². The maximum absolute atomic E-state index is 3.67. The second-order valence-electron chi connectivity index (χ2n) is 4.91. The van der Waals surface area contributed by atoms with Gasteiger partial charge in [-0.3, -0.25) is 0 Å². The molecule has 2 unspecified atom stereocenters. The molecule has 2 heteroatoms. The highest BCUT2D eigenvalue weighted by Crippen LogP contribution is 2.31. The van der Waals surface area contributed by atoms with Gasteiger partial charge in [0.05, 0.1) is 0 Å². The lowest BCUT2D eigenvalue weighted by Crippen LogP contribution is -2.32. The van der Waals surface area contributed by atoms with Crippen LogP contribution in [0.5, 0.6) is 0 Å². The summed E-state index contributed by atoms with van der Waals surface area (Å²) in [5.41, 5.74) is 0. The average molecular weight is 182 g/mol. The molecular weight excluding hydrogens is 160 g/mol. The van der Waals surface area contributed by atoms with Crippen LogP contribution < -0.4 is 5.32 Å². The molecule has 1 heterocycles. The summed E-state index contributed by atoms with van der Waals surface area (Å²) in [4.78, 5) is 2.45. The van der Waals surface area contributed by atoms with Crippen molar-refractivity contribution in [2.75, 3.05) is 20.1 Å². The lowest BCUT2D eigenvalue weighted by atomic mass is 10.2. The first-order valence-corrected chi connectivity index (χ1v) is 5.69. The number of hydrogen-bond acceptors (Lipinski definition) is 2. The SMILES string of the molecule is CC1CC(NCCC2CC2)CN1C. The summed E-state index contributed by atoms with van der Waals surface area (Å²) in [6.07, 6.45) is 5.72. The molecule has 76 valence electrons. The summed E-state index contributed by atoms with van der Waals surface area (Å²) in [5.74, 6) is 1.07. The third kappa shape index (κ3) is 2.68. The Morgan fingerprint density at radius 1 is 1.38 bits per heavy atom. The van der Waals surface area contributed by atoms with E-state index in [1.54, 1.807) is 0 Å². The lowest BCUT2D eigenvalue weighted by molar-refractivity contribution is 0.326. The molecule has 1 aliphatic heterocycles. The summed E-state index contributed by atoms with van der Waals surface area (Å²) >= 11 is 0. The van der Waals surface area contributed by atoms with Gasteiger partial charge in [0.1, 0.15) is 0 Å². The van der Waals surface area contributed by atoms with Gasteiger partial charge >= 0.3 is 0 Å². The molecule has 0 amide bonds. The fourth-order valence-corrected chi connectivity index (χ4v) is 2.24. The number of likely N-dealkylation sites (tertiary alicyclic amines) is 1. The van der Waals surface area contributed by atoms with E-state index in [0.29, 0.717) is 0 Å². The molecule has 1 saturated carbocycles. The third-order valence-corrected chi connectivity index (χ3v) is 3.57. The van der Waals surface area contributed by atoms with E-state index in [2.05, 4.69) is 24.2 Å². The van der Waals surface area contributed by atoms with Crippen LogP contribution in [0.15, 0.2) is 0 Å². The van der Waals surface area contributed by atoms with Crippen LogP contribution in [0.3, 0.4) is 0 Å². The van der Waals surface area contributed by atoms with Crippen LogP contribution in [-0.2, 0) is 0 Å². The van der Waals surface area contributed by atoms with Crippen LogP contribution in [0.2, 0.25) is 0 Å².